The Kier molecular flexibility index (Phi) is 11.8. The number of carbonyl (C=O) groups excluding carboxylic acids is 2. The minimum Gasteiger partial charge on any atom is -0.492 e. The quantitative estimate of drug-likeness (QED) is 0.170. The predicted molar refractivity (Wildman–Crippen MR) is 180 cm³/mol. The van der Waals surface area contributed by atoms with E-state index in [1.807, 2.05) is 68.4 Å². The molecule has 0 spiro atoms. The van der Waals surface area contributed by atoms with Gasteiger partial charge in [-0.15, -0.1) is 0 Å². The number of anilines is 1. The fourth-order valence-electron chi connectivity index (χ4n) is 4.89. The minimum absolute atomic E-state index is 0.0296. The second kappa shape index (κ2) is 15.7. The Morgan fingerprint density at radius 1 is 0.822 bits per heavy atom. The van der Waals surface area contributed by atoms with Crippen LogP contribution in [-0.2, 0) is 32.6 Å². The van der Waals surface area contributed by atoms with Crippen molar-refractivity contribution in [1.82, 2.24) is 10.2 Å². The van der Waals surface area contributed by atoms with E-state index in [1.165, 1.54) is 17.0 Å². The molecule has 1 N–H and O–H groups in total. The van der Waals surface area contributed by atoms with Crippen LogP contribution in [0.3, 0.4) is 0 Å². The van der Waals surface area contributed by atoms with E-state index in [0.717, 1.165) is 19.9 Å². The van der Waals surface area contributed by atoms with Crippen LogP contribution in [0, 0.1) is 0 Å². The van der Waals surface area contributed by atoms with Crippen molar-refractivity contribution in [3.8, 4) is 5.75 Å². The number of hydrogen-bond donors (Lipinski definition) is 1. The van der Waals surface area contributed by atoms with Gasteiger partial charge < -0.3 is 15.0 Å². The molecule has 0 aliphatic carbocycles. The maximum Gasteiger partial charge on any atom is 0.264 e. The Hall–Kier alpha value is -4.15. The van der Waals surface area contributed by atoms with Crippen LogP contribution in [0.4, 0.5) is 5.69 Å². The van der Waals surface area contributed by atoms with Gasteiger partial charge in [0.2, 0.25) is 11.8 Å². The van der Waals surface area contributed by atoms with E-state index in [2.05, 4.69) is 21.2 Å². The zero-order chi connectivity index (χ0) is 32.4. The molecule has 0 unspecified atom stereocenters. The smallest absolute Gasteiger partial charge is 0.264 e. The Labute approximate surface area is 274 Å². The SMILES string of the molecule is CCOc1ccccc1N(CC(=O)N(Cc1ccc(Br)cc1)[C@H](Cc1ccccc1)C(=O)NC(C)C)S(=O)(=O)c1ccccc1. The lowest BCUT2D eigenvalue weighted by Crippen LogP contribution is -2.54. The second-order valence-corrected chi connectivity index (χ2v) is 13.5. The summed E-state index contributed by atoms with van der Waals surface area (Å²) in [7, 11) is -4.23. The molecular weight excluding hydrogens is 654 g/mol. The van der Waals surface area contributed by atoms with Crippen LogP contribution in [0.15, 0.2) is 119 Å². The first kappa shape index (κ1) is 33.7. The van der Waals surface area contributed by atoms with Crippen LogP contribution in [0.25, 0.3) is 0 Å². The molecule has 0 aliphatic rings. The van der Waals surface area contributed by atoms with Crippen LogP contribution in [0.1, 0.15) is 31.9 Å². The largest absolute Gasteiger partial charge is 0.492 e. The fourth-order valence-corrected chi connectivity index (χ4v) is 6.61. The van der Waals surface area contributed by atoms with Gasteiger partial charge in [-0.3, -0.25) is 13.9 Å². The molecular formula is C35H38BrN3O5S. The number of benzene rings is 4. The Bertz CT molecular complexity index is 1670. The van der Waals surface area contributed by atoms with Crippen LogP contribution in [0.2, 0.25) is 0 Å². The van der Waals surface area contributed by atoms with Crippen molar-refractivity contribution < 1.29 is 22.7 Å². The second-order valence-electron chi connectivity index (χ2n) is 10.7. The van der Waals surface area contributed by atoms with Gasteiger partial charge in [-0.2, -0.15) is 0 Å². The third kappa shape index (κ3) is 8.95. The molecule has 0 aliphatic heterocycles. The van der Waals surface area contributed by atoms with E-state index < -0.39 is 28.5 Å². The molecule has 0 bridgehead atoms. The Balaban J connectivity index is 1.83. The van der Waals surface area contributed by atoms with Crippen LogP contribution in [0.5, 0.6) is 5.75 Å². The van der Waals surface area contributed by atoms with Crippen molar-refractivity contribution >= 4 is 43.5 Å². The number of carbonyl (C=O) groups is 2. The van der Waals surface area contributed by atoms with Crippen molar-refractivity contribution in [2.75, 3.05) is 17.5 Å². The number of nitrogens with zero attached hydrogens (tertiary/aromatic N) is 2. The summed E-state index contributed by atoms with van der Waals surface area (Å²) in [6.07, 6.45) is 0.239. The summed E-state index contributed by atoms with van der Waals surface area (Å²) in [5, 5.41) is 2.97. The normalized spacial score (nSPS) is 11.9. The highest BCUT2D eigenvalue weighted by molar-refractivity contribution is 9.10. The van der Waals surface area contributed by atoms with E-state index >= 15 is 0 Å². The van der Waals surface area contributed by atoms with Gasteiger partial charge >= 0.3 is 0 Å². The summed E-state index contributed by atoms with van der Waals surface area (Å²) in [6, 6.07) is 30.5. The summed E-state index contributed by atoms with van der Waals surface area (Å²) in [4.78, 5) is 29.9. The molecule has 4 aromatic carbocycles. The van der Waals surface area contributed by atoms with Crippen molar-refractivity contribution in [2.45, 2.75) is 50.7 Å². The zero-order valence-corrected chi connectivity index (χ0v) is 28.0. The zero-order valence-electron chi connectivity index (χ0n) is 25.6. The number of nitrogens with one attached hydrogen (secondary N) is 1. The van der Waals surface area contributed by atoms with Gasteiger partial charge in [0.15, 0.2) is 0 Å². The molecule has 0 saturated heterocycles. The van der Waals surface area contributed by atoms with Crippen LogP contribution < -0.4 is 14.4 Å². The summed E-state index contributed by atoms with van der Waals surface area (Å²) >= 11 is 3.46. The lowest BCUT2D eigenvalue weighted by atomic mass is 10.0. The maximum atomic E-state index is 14.6. The molecule has 0 saturated carbocycles. The Morgan fingerprint density at radius 3 is 2.04 bits per heavy atom. The molecule has 0 aromatic heterocycles. The van der Waals surface area contributed by atoms with Crippen molar-refractivity contribution in [1.29, 1.82) is 0 Å². The number of amides is 2. The topological polar surface area (TPSA) is 96.0 Å². The number of para-hydroxylation sites is 2. The highest BCUT2D eigenvalue weighted by Gasteiger charge is 2.35. The van der Waals surface area contributed by atoms with Gasteiger partial charge in [-0.25, -0.2) is 8.42 Å². The Morgan fingerprint density at radius 2 is 1.42 bits per heavy atom. The van der Waals surface area contributed by atoms with Crippen molar-refractivity contribution in [3.63, 3.8) is 0 Å². The summed E-state index contributed by atoms with van der Waals surface area (Å²) < 4.78 is 36.1. The number of sulfonamides is 1. The van der Waals surface area contributed by atoms with E-state index in [4.69, 9.17) is 4.74 Å². The molecule has 4 aromatic rings. The van der Waals surface area contributed by atoms with E-state index in [9.17, 15) is 18.0 Å². The predicted octanol–water partition coefficient (Wildman–Crippen LogP) is 6.21. The van der Waals surface area contributed by atoms with E-state index in [-0.39, 0.29) is 35.5 Å². The molecule has 236 valence electrons. The van der Waals surface area contributed by atoms with Crippen molar-refractivity contribution in [3.05, 3.63) is 125 Å². The molecule has 0 fully saturated rings. The molecule has 0 radical (unpaired) electrons. The first-order valence-corrected chi connectivity index (χ1v) is 17.0. The lowest BCUT2D eigenvalue weighted by molar-refractivity contribution is -0.140. The average molecular weight is 693 g/mol. The monoisotopic (exact) mass is 691 g/mol. The van der Waals surface area contributed by atoms with Gasteiger partial charge in [-0.1, -0.05) is 88.7 Å². The average Bonchev–Trinajstić information content (AvgIpc) is 3.03. The number of hydrogen-bond acceptors (Lipinski definition) is 5. The number of rotatable bonds is 14. The molecule has 8 nitrogen and oxygen atoms in total. The van der Waals surface area contributed by atoms with Crippen LogP contribution >= 0.6 is 15.9 Å². The van der Waals surface area contributed by atoms with Gasteiger partial charge in [-0.05, 0) is 68.3 Å². The van der Waals surface area contributed by atoms with Gasteiger partial charge in [0.25, 0.3) is 10.0 Å². The first-order valence-electron chi connectivity index (χ1n) is 14.8. The number of halogens is 1. The first-order chi connectivity index (χ1) is 21.6. The third-order valence-electron chi connectivity index (χ3n) is 7.01. The van der Waals surface area contributed by atoms with Crippen molar-refractivity contribution in [2.24, 2.45) is 0 Å². The molecule has 45 heavy (non-hydrogen) atoms. The maximum absolute atomic E-state index is 14.6. The van der Waals surface area contributed by atoms with E-state index in [0.29, 0.717) is 12.4 Å². The van der Waals surface area contributed by atoms with Gasteiger partial charge in [0.1, 0.15) is 18.3 Å². The molecule has 1 atom stereocenters. The standard InChI is InChI=1S/C35H38BrN3O5S/c1-4-44-33-18-12-11-17-31(33)39(45(42,43)30-15-9-6-10-16-30)25-34(40)38(24-28-19-21-29(36)22-20-28)32(35(41)37-26(2)3)23-27-13-7-5-8-14-27/h5-22,26,32H,4,23-25H2,1-3H3,(H,37,41)/t32-/m1/s1. The molecule has 0 heterocycles. The van der Waals surface area contributed by atoms with Gasteiger partial charge in [0.05, 0.1) is 17.2 Å². The number of ether oxygens (including phenoxy) is 1. The molecule has 4 rings (SSSR count). The van der Waals surface area contributed by atoms with E-state index in [1.54, 1.807) is 49.4 Å². The summed E-state index contributed by atoms with van der Waals surface area (Å²) in [5.74, 6) is -0.541. The summed E-state index contributed by atoms with van der Waals surface area (Å²) in [5.41, 5.74) is 1.88. The third-order valence-corrected chi connectivity index (χ3v) is 9.31. The fraction of sp³-hybridized carbons (Fsp3) is 0.257. The van der Waals surface area contributed by atoms with Gasteiger partial charge in [0, 0.05) is 23.5 Å². The highest BCUT2D eigenvalue weighted by atomic mass is 79.9. The minimum atomic E-state index is -4.23. The highest BCUT2D eigenvalue weighted by Crippen LogP contribution is 2.33. The molecule has 10 heteroatoms. The lowest BCUT2D eigenvalue weighted by Gasteiger charge is -2.34. The molecule has 2 amide bonds. The summed E-state index contributed by atoms with van der Waals surface area (Å²) in [6.45, 7) is 5.35. The van der Waals surface area contributed by atoms with Crippen LogP contribution in [-0.4, -0.2) is 50.4 Å².